The lowest BCUT2D eigenvalue weighted by Crippen LogP contribution is -2.07. The SMILES string of the molecule is Fc1cc(Br)cnc1NCCSc1ccccc1. The molecule has 1 N–H and O–H groups in total. The number of halogens is 2. The van der Waals surface area contributed by atoms with E-state index < -0.39 is 0 Å². The molecule has 0 radical (unpaired) electrons. The van der Waals surface area contributed by atoms with Crippen molar-refractivity contribution >= 4 is 33.5 Å². The first-order chi connectivity index (χ1) is 8.75. The second-order valence-electron chi connectivity index (χ2n) is 3.57. The van der Waals surface area contributed by atoms with E-state index in [2.05, 4.69) is 38.4 Å². The van der Waals surface area contributed by atoms with Crippen LogP contribution in [0, 0.1) is 5.82 Å². The second-order valence-corrected chi connectivity index (χ2v) is 5.66. The van der Waals surface area contributed by atoms with Gasteiger partial charge in [-0.2, -0.15) is 0 Å². The summed E-state index contributed by atoms with van der Waals surface area (Å²) in [6.07, 6.45) is 1.58. The fraction of sp³-hybridized carbons (Fsp3) is 0.154. The monoisotopic (exact) mass is 326 g/mol. The van der Waals surface area contributed by atoms with Crippen molar-refractivity contribution in [1.82, 2.24) is 4.98 Å². The summed E-state index contributed by atoms with van der Waals surface area (Å²) in [4.78, 5) is 5.19. The van der Waals surface area contributed by atoms with Gasteiger partial charge in [0.15, 0.2) is 11.6 Å². The third-order valence-corrected chi connectivity index (χ3v) is 3.66. The van der Waals surface area contributed by atoms with Crippen molar-refractivity contribution in [2.24, 2.45) is 0 Å². The molecule has 1 aromatic heterocycles. The highest BCUT2D eigenvalue weighted by Gasteiger charge is 2.03. The second kappa shape index (κ2) is 6.75. The van der Waals surface area contributed by atoms with Crippen LogP contribution in [0.2, 0.25) is 0 Å². The minimum absolute atomic E-state index is 0.298. The zero-order chi connectivity index (χ0) is 12.8. The van der Waals surface area contributed by atoms with Crippen molar-refractivity contribution in [2.45, 2.75) is 4.90 Å². The Morgan fingerprint density at radius 3 is 2.78 bits per heavy atom. The highest BCUT2D eigenvalue weighted by atomic mass is 79.9. The molecule has 0 aliphatic rings. The molecule has 0 unspecified atom stereocenters. The van der Waals surface area contributed by atoms with Crippen molar-refractivity contribution in [3.05, 3.63) is 52.9 Å². The predicted molar refractivity (Wildman–Crippen MR) is 77.6 cm³/mol. The van der Waals surface area contributed by atoms with Gasteiger partial charge in [0, 0.05) is 27.9 Å². The minimum Gasteiger partial charge on any atom is -0.367 e. The van der Waals surface area contributed by atoms with Crippen LogP contribution in [0.4, 0.5) is 10.2 Å². The Bertz CT molecular complexity index is 508. The van der Waals surface area contributed by atoms with Crippen LogP contribution in [-0.4, -0.2) is 17.3 Å². The number of nitrogens with zero attached hydrogens (tertiary/aromatic N) is 1. The van der Waals surface area contributed by atoms with Gasteiger partial charge >= 0.3 is 0 Å². The number of hydrogen-bond donors (Lipinski definition) is 1. The summed E-state index contributed by atoms with van der Waals surface area (Å²) in [5.41, 5.74) is 0. The Morgan fingerprint density at radius 1 is 1.28 bits per heavy atom. The Hall–Kier alpha value is -1.07. The molecule has 5 heteroatoms. The third kappa shape index (κ3) is 3.99. The van der Waals surface area contributed by atoms with Crippen molar-refractivity contribution in [3.63, 3.8) is 0 Å². The fourth-order valence-corrected chi connectivity index (χ4v) is 2.49. The highest BCUT2D eigenvalue weighted by Crippen LogP contribution is 2.18. The van der Waals surface area contributed by atoms with Gasteiger partial charge in [0.1, 0.15) is 0 Å². The van der Waals surface area contributed by atoms with Gasteiger partial charge in [-0.1, -0.05) is 18.2 Å². The average Bonchev–Trinajstić information content (AvgIpc) is 2.38. The van der Waals surface area contributed by atoms with E-state index in [9.17, 15) is 4.39 Å². The molecule has 0 fully saturated rings. The molecule has 2 nitrogen and oxygen atoms in total. The van der Waals surface area contributed by atoms with Gasteiger partial charge in [-0.05, 0) is 34.1 Å². The molecule has 0 saturated carbocycles. The largest absolute Gasteiger partial charge is 0.367 e. The summed E-state index contributed by atoms with van der Waals surface area (Å²) >= 11 is 4.90. The Kier molecular flexibility index (Phi) is 5.01. The van der Waals surface area contributed by atoms with Gasteiger partial charge in [0.2, 0.25) is 0 Å². The van der Waals surface area contributed by atoms with Gasteiger partial charge in [-0.25, -0.2) is 9.37 Å². The molecule has 0 spiro atoms. The van der Waals surface area contributed by atoms with E-state index in [1.807, 2.05) is 18.2 Å². The van der Waals surface area contributed by atoms with E-state index in [4.69, 9.17) is 0 Å². The van der Waals surface area contributed by atoms with Crippen LogP contribution in [0.25, 0.3) is 0 Å². The normalized spacial score (nSPS) is 10.3. The van der Waals surface area contributed by atoms with Crippen LogP contribution < -0.4 is 5.32 Å². The quantitative estimate of drug-likeness (QED) is 0.658. The van der Waals surface area contributed by atoms with E-state index in [0.717, 1.165) is 5.75 Å². The van der Waals surface area contributed by atoms with Crippen LogP contribution >= 0.6 is 27.7 Å². The molecule has 1 heterocycles. The summed E-state index contributed by atoms with van der Waals surface area (Å²) in [5.74, 6) is 0.822. The number of benzene rings is 1. The van der Waals surface area contributed by atoms with E-state index >= 15 is 0 Å². The summed E-state index contributed by atoms with van der Waals surface area (Å²) in [5, 5.41) is 2.98. The lowest BCUT2D eigenvalue weighted by atomic mass is 10.4. The molecule has 2 aromatic rings. The molecular formula is C13H12BrFN2S. The lowest BCUT2D eigenvalue weighted by Gasteiger charge is -2.06. The molecule has 0 atom stereocenters. The number of pyridine rings is 1. The maximum absolute atomic E-state index is 13.4. The van der Waals surface area contributed by atoms with Crippen LogP contribution in [0.1, 0.15) is 0 Å². The number of aromatic nitrogens is 1. The summed E-state index contributed by atoms with van der Waals surface area (Å²) in [6.45, 7) is 0.672. The molecule has 1 aromatic carbocycles. The van der Waals surface area contributed by atoms with Crippen LogP contribution in [0.3, 0.4) is 0 Å². The topological polar surface area (TPSA) is 24.9 Å². The molecule has 0 aliphatic heterocycles. The van der Waals surface area contributed by atoms with E-state index in [-0.39, 0.29) is 5.82 Å². The van der Waals surface area contributed by atoms with Crippen molar-refractivity contribution in [1.29, 1.82) is 0 Å². The van der Waals surface area contributed by atoms with Gasteiger partial charge in [0.05, 0.1) is 0 Å². The molecule has 0 amide bonds. The molecule has 2 rings (SSSR count). The number of anilines is 1. The fourth-order valence-electron chi connectivity index (χ4n) is 1.40. The van der Waals surface area contributed by atoms with Gasteiger partial charge in [-0.3, -0.25) is 0 Å². The average molecular weight is 327 g/mol. The smallest absolute Gasteiger partial charge is 0.166 e. The van der Waals surface area contributed by atoms with Crippen molar-refractivity contribution < 1.29 is 4.39 Å². The number of thioether (sulfide) groups is 1. The van der Waals surface area contributed by atoms with Gasteiger partial charge < -0.3 is 5.32 Å². The Balaban J connectivity index is 1.79. The first-order valence-electron chi connectivity index (χ1n) is 5.48. The summed E-state index contributed by atoms with van der Waals surface area (Å²) in [6, 6.07) is 11.5. The number of rotatable bonds is 5. The predicted octanol–water partition coefficient (Wildman–Crippen LogP) is 4.19. The van der Waals surface area contributed by atoms with Crippen LogP contribution in [0.5, 0.6) is 0 Å². The van der Waals surface area contributed by atoms with Crippen molar-refractivity contribution in [2.75, 3.05) is 17.6 Å². The summed E-state index contributed by atoms with van der Waals surface area (Å²) in [7, 11) is 0. The highest BCUT2D eigenvalue weighted by molar-refractivity contribution is 9.10. The van der Waals surface area contributed by atoms with E-state index in [0.29, 0.717) is 16.8 Å². The lowest BCUT2D eigenvalue weighted by molar-refractivity contribution is 0.624. The Labute approximate surface area is 118 Å². The molecule has 0 bridgehead atoms. The van der Waals surface area contributed by atoms with E-state index in [1.165, 1.54) is 11.0 Å². The maximum atomic E-state index is 13.4. The molecule has 0 aliphatic carbocycles. The van der Waals surface area contributed by atoms with Gasteiger partial charge in [-0.15, -0.1) is 11.8 Å². The van der Waals surface area contributed by atoms with Crippen LogP contribution in [0.15, 0.2) is 52.0 Å². The zero-order valence-electron chi connectivity index (χ0n) is 9.57. The maximum Gasteiger partial charge on any atom is 0.166 e. The standard InChI is InChI=1S/C13H12BrFN2S/c14-10-8-12(15)13(17-9-10)16-6-7-18-11-4-2-1-3-5-11/h1-5,8-9H,6-7H2,(H,16,17). The third-order valence-electron chi connectivity index (χ3n) is 2.21. The first-order valence-corrected chi connectivity index (χ1v) is 7.26. The number of nitrogens with one attached hydrogen (secondary N) is 1. The molecular weight excluding hydrogens is 315 g/mol. The van der Waals surface area contributed by atoms with E-state index in [1.54, 1.807) is 18.0 Å². The minimum atomic E-state index is -0.339. The first kappa shape index (κ1) is 13.4. The molecule has 18 heavy (non-hydrogen) atoms. The zero-order valence-corrected chi connectivity index (χ0v) is 12.0. The number of hydrogen-bond acceptors (Lipinski definition) is 3. The van der Waals surface area contributed by atoms with Gasteiger partial charge in [0.25, 0.3) is 0 Å². The molecule has 94 valence electrons. The van der Waals surface area contributed by atoms with Crippen LogP contribution in [-0.2, 0) is 0 Å². The van der Waals surface area contributed by atoms with Crippen molar-refractivity contribution in [3.8, 4) is 0 Å². The molecule has 0 saturated heterocycles. The summed E-state index contributed by atoms with van der Waals surface area (Å²) < 4.78 is 14.1. The Morgan fingerprint density at radius 2 is 2.06 bits per heavy atom.